The Kier molecular flexibility index (Phi) is 5.39. The van der Waals surface area contributed by atoms with Crippen LogP contribution in [0.2, 0.25) is 0 Å². The van der Waals surface area contributed by atoms with E-state index in [1.165, 1.54) is 0 Å². The molecule has 0 aliphatic rings. The number of aryl methyl sites for hydroxylation is 1. The standard InChI is InChI=1S/C14H21BrN2O3/c1-6-17-8-10(15)7-11(17)12(18)16-9(2)13(19)20-14(3,4)5/h7-9H,6H2,1-5H3,(H,16,18)/t9-/m0/s1. The Bertz CT molecular complexity index is 503. The monoisotopic (exact) mass is 344 g/mol. The number of carbonyl (C=O) groups is 2. The zero-order valence-electron chi connectivity index (χ0n) is 12.5. The molecular weight excluding hydrogens is 324 g/mol. The van der Waals surface area contributed by atoms with Gasteiger partial charge in [-0.2, -0.15) is 0 Å². The first-order valence-corrected chi connectivity index (χ1v) is 7.32. The molecule has 0 saturated carbocycles. The minimum atomic E-state index is -0.694. The number of rotatable bonds is 4. The number of hydrogen-bond donors (Lipinski definition) is 1. The largest absolute Gasteiger partial charge is 0.458 e. The van der Waals surface area contributed by atoms with Crippen LogP contribution in [0.3, 0.4) is 0 Å². The molecule has 1 N–H and O–H groups in total. The molecule has 0 spiro atoms. The number of amides is 1. The van der Waals surface area contributed by atoms with Crippen molar-refractivity contribution in [3.63, 3.8) is 0 Å². The van der Waals surface area contributed by atoms with Crippen molar-refractivity contribution in [2.24, 2.45) is 0 Å². The molecule has 1 amide bonds. The van der Waals surface area contributed by atoms with Crippen LogP contribution in [0, 0.1) is 0 Å². The zero-order chi connectivity index (χ0) is 15.5. The average molecular weight is 345 g/mol. The summed E-state index contributed by atoms with van der Waals surface area (Å²) in [5.74, 6) is -0.740. The average Bonchev–Trinajstić information content (AvgIpc) is 2.68. The fourth-order valence-electron chi connectivity index (χ4n) is 1.65. The zero-order valence-corrected chi connectivity index (χ0v) is 14.1. The minimum Gasteiger partial charge on any atom is -0.458 e. The van der Waals surface area contributed by atoms with Gasteiger partial charge in [0.2, 0.25) is 0 Å². The van der Waals surface area contributed by atoms with Gasteiger partial charge in [-0.25, -0.2) is 4.79 Å². The van der Waals surface area contributed by atoms with E-state index in [0.29, 0.717) is 12.2 Å². The summed E-state index contributed by atoms with van der Waals surface area (Å²) in [5, 5.41) is 2.65. The van der Waals surface area contributed by atoms with Crippen molar-refractivity contribution >= 4 is 27.8 Å². The SMILES string of the molecule is CCn1cc(Br)cc1C(=O)N[C@@H](C)C(=O)OC(C)(C)C. The summed E-state index contributed by atoms with van der Waals surface area (Å²) in [7, 11) is 0. The molecule has 0 saturated heterocycles. The van der Waals surface area contributed by atoms with Gasteiger partial charge in [0.05, 0.1) is 0 Å². The van der Waals surface area contributed by atoms with E-state index in [1.807, 2.05) is 13.1 Å². The molecule has 1 heterocycles. The van der Waals surface area contributed by atoms with Crippen LogP contribution in [-0.4, -0.2) is 28.1 Å². The van der Waals surface area contributed by atoms with Crippen molar-refractivity contribution in [1.29, 1.82) is 0 Å². The van der Waals surface area contributed by atoms with Crippen LogP contribution in [0.25, 0.3) is 0 Å². The molecule has 1 aromatic heterocycles. The van der Waals surface area contributed by atoms with E-state index in [4.69, 9.17) is 4.74 Å². The lowest BCUT2D eigenvalue weighted by Gasteiger charge is -2.22. The molecule has 0 bridgehead atoms. The van der Waals surface area contributed by atoms with Crippen molar-refractivity contribution in [2.45, 2.75) is 52.8 Å². The van der Waals surface area contributed by atoms with E-state index in [0.717, 1.165) is 4.47 Å². The predicted molar refractivity (Wildman–Crippen MR) is 80.6 cm³/mol. The summed E-state index contributed by atoms with van der Waals surface area (Å²) in [6, 6.07) is 1.03. The first-order chi connectivity index (χ1) is 9.14. The normalized spacial score (nSPS) is 12.9. The Labute approximate surface area is 127 Å². The Morgan fingerprint density at radius 1 is 1.45 bits per heavy atom. The van der Waals surface area contributed by atoms with Crippen molar-refractivity contribution in [3.05, 3.63) is 22.4 Å². The van der Waals surface area contributed by atoms with Crippen molar-refractivity contribution in [2.75, 3.05) is 0 Å². The lowest BCUT2D eigenvalue weighted by atomic mass is 10.2. The maximum atomic E-state index is 12.2. The molecule has 1 atom stereocenters. The first-order valence-electron chi connectivity index (χ1n) is 6.53. The molecule has 0 radical (unpaired) electrons. The Morgan fingerprint density at radius 3 is 2.55 bits per heavy atom. The molecule has 6 heteroatoms. The second-order valence-electron chi connectivity index (χ2n) is 5.56. The van der Waals surface area contributed by atoms with Crippen molar-refractivity contribution in [3.8, 4) is 0 Å². The lowest BCUT2D eigenvalue weighted by Crippen LogP contribution is -2.42. The van der Waals surface area contributed by atoms with E-state index >= 15 is 0 Å². The summed E-state index contributed by atoms with van der Waals surface area (Å²) in [6.45, 7) is 9.60. The molecule has 0 unspecified atom stereocenters. The van der Waals surface area contributed by atoms with E-state index in [9.17, 15) is 9.59 Å². The number of carbonyl (C=O) groups excluding carboxylic acids is 2. The highest BCUT2D eigenvalue weighted by Crippen LogP contribution is 2.15. The quantitative estimate of drug-likeness (QED) is 0.854. The van der Waals surface area contributed by atoms with Crippen LogP contribution in [0.4, 0.5) is 0 Å². The second-order valence-corrected chi connectivity index (χ2v) is 6.47. The summed E-state index contributed by atoms with van der Waals surface area (Å²) < 4.78 is 7.86. The first kappa shape index (κ1) is 16.8. The molecule has 5 nitrogen and oxygen atoms in total. The minimum absolute atomic E-state index is 0.295. The van der Waals surface area contributed by atoms with Gasteiger partial charge in [0.1, 0.15) is 17.3 Å². The van der Waals surface area contributed by atoms with E-state index in [2.05, 4.69) is 21.2 Å². The van der Waals surface area contributed by atoms with E-state index < -0.39 is 17.6 Å². The van der Waals surface area contributed by atoms with Gasteiger partial charge in [0.15, 0.2) is 0 Å². The van der Waals surface area contributed by atoms with Gasteiger partial charge in [0, 0.05) is 17.2 Å². The molecule has 20 heavy (non-hydrogen) atoms. The maximum absolute atomic E-state index is 12.2. The second kappa shape index (κ2) is 6.43. The Hall–Kier alpha value is -1.30. The number of aromatic nitrogens is 1. The Morgan fingerprint density at radius 2 is 2.05 bits per heavy atom. The summed E-state index contributed by atoms with van der Waals surface area (Å²) >= 11 is 3.33. The van der Waals surface area contributed by atoms with E-state index in [-0.39, 0.29) is 5.91 Å². The maximum Gasteiger partial charge on any atom is 0.328 e. The van der Waals surface area contributed by atoms with Gasteiger partial charge < -0.3 is 14.6 Å². The number of nitrogens with one attached hydrogen (secondary N) is 1. The highest BCUT2D eigenvalue weighted by molar-refractivity contribution is 9.10. The smallest absolute Gasteiger partial charge is 0.328 e. The molecule has 1 rings (SSSR count). The van der Waals surface area contributed by atoms with Gasteiger partial charge in [-0.05, 0) is 56.6 Å². The fraction of sp³-hybridized carbons (Fsp3) is 0.571. The highest BCUT2D eigenvalue weighted by atomic mass is 79.9. The number of esters is 1. The van der Waals surface area contributed by atoms with Gasteiger partial charge in [-0.3, -0.25) is 4.79 Å². The third kappa shape index (κ3) is 4.67. The van der Waals surface area contributed by atoms with Crippen LogP contribution < -0.4 is 5.32 Å². The van der Waals surface area contributed by atoms with Crippen molar-refractivity contribution < 1.29 is 14.3 Å². The van der Waals surface area contributed by atoms with Gasteiger partial charge in [0.25, 0.3) is 5.91 Å². The van der Waals surface area contributed by atoms with Gasteiger partial charge in [-0.1, -0.05) is 0 Å². The lowest BCUT2D eigenvalue weighted by molar-refractivity contribution is -0.156. The molecule has 112 valence electrons. The number of nitrogens with zero attached hydrogens (tertiary/aromatic N) is 1. The van der Waals surface area contributed by atoms with E-state index in [1.54, 1.807) is 38.3 Å². The van der Waals surface area contributed by atoms with Crippen LogP contribution in [0.15, 0.2) is 16.7 Å². The third-order valence-electron chi connectivity index (χ3n) is 2.54. The Balaban J connectivity index is 2.72. The predicted octanol–water partition coefficient (Wildman–Crippen LogP) is 2.73. The van der Waals surface area contributed by atoms with Gasteiger partial charge >= 0.3 is 5.97 Å². The molecule has 0 aromatic carbocycles. The molecular formula is C14H21BrN2O3. The van der Waals surface area contributed by atoms with Crippen molar-refractivity contribution in [1.82, 2.24) is 9.88 Å². The van der Waals surface area contributed by atoms with Crippen LogP contribution in [0.5, 0.6) is 0 Å². The topological polar surface area (TPSA) is 60.3 Å². The fourth-order valence-corrected chi connectivity index (χ4v) is 2.11. The molecule has 0 aliphatic carbocycles. The highest BCUT2D eigenvalue weighted by Gasteiger charge is 2.24. The van der Waals surface area contributed by atoms with Crippen LogP contribution >= 0.6 is 15.9 Å². The third-order valence-corrected chi connectivity index (χ3v) is 2.98. The molecule has 1 aromatic rings. The van der Waals surface area contributed by atoms with Crippen LogP contribution in [-0.2, 0) is 16.1 Å². The molecule has 0 fully saturated rings. The summed E-state index contributed by atoms with van der Waals surface area (Å²) in [4.78, 5) is 24.0. The number of ether oxygens (including phenoxy) is 1. The van der Waals surface area contributed by atoms with Crippen LogP contribution in [0.1, 0.15) is 45.1 Å². The number of hydrogen-bond acceptors (Lipinski definition) is 3. The molecule has 0 aliphatic heterocycles. The number of halogens is 1. The summed E-state index contributed by atoms with van der Waals surface area (Å²) in [5.41, 5.74) is -0.0577. The summed E-state index contributed by atoms with van der Waals surface area (Å²) in [6.07, 6.45) is 1.83. The van der Waals surface area contributed by atoms with Gasteiger partial charge in [-0.15, -0.1) is 0 Å².